The fourth-order valence-electron chi connectivity index (χ4n) is 2.39. The molecule has 8 nitrogen and oxygen atoms in total. The molecular formula is C27H57N2O6S2W-. The van der Waals surface area contributed by atoms with Gasteiger partial charge in [0.25, 0.3) is 0 Å². The van der Waals surface area contributed by atoms with Crippen molar-refractivity contribution in [2.24, 2.45) is 5.92 Å². The van der Waals surface area contributed by atoms with Crippen LogP contribution in [0.25, 0.3) is 5.73 Å². The third-order valence-corrected chi connectivity index (χ3v) is 8.28. The van der Waals surface area contributed by atoms with E-state index in [1.807, 2.05) is 16.9 Å². The summed E-state index contributed by atoms with van der Waals surface area (Å²) in [5.74, 6) is 0.562. The van der Waals surface area contributed by atoms with Gasteiger partial charge >= 0.3 is 0 Å². The maximum Gasteiger partial charge on any atom is 0.123 e. The molecule has 1 atom stereocenters. The first-order valence-corrected chi connectivity index (χ1v) is 15.6. The van der Waals surface area contributed by atoms with Crippen molar-refractivity contribution in [2.75, 3.05) is 79.2 Å². The molecule has 0 spiro atoms. The Balaban J connectivity index is -0.00000134. The van der Waals surface area contributed by atoms with E-state index in [9.17, 15) is 0 Å². The maximum absolute atomic E-state index is 8.23. The first-order valence-electron chi connectivity index (χ1n) is 13.4. The molecule has 0 rings (SSSR count). The molecule has 0 bridgehead atoms. The average Bonchev–Trinajstić information content (AvgIpc) is 2.82. The van der Waals surface area contributed by atoms with E-state index in [4.69, 9.17) is 34.5 Å². The number of hydrogen-bond acceptors (Lipinski definition) is 9. The zero-order valence-electron chi connectivity index (χ0n) is 25.2. The Morgan fingerprint density at radius 3 is 1.79 bits per heavy atom. The summed E-state index contributed by atoms with van der Waals surface area (Å²) in [6.45, 7) is 23.5. The second-order valence-corrected chi connectivity index (χ2v) is 13.6. The van der Waals surface area contributed by atoms with Crippen molar-refractivity contribution < 1.29 is 49.9 Å². The number of rotatable bonds is 23. The smallest absolute Gasteiger partial charge is 0.123 e. The number of nitrogens with one attached hydrogen (secondary N) is 2. The van der Waals surface area contributed by atoms with Gasteiger partial charge in [0.05, 0.1) is 59.5 Å². The van der Waals surface area contributed by atoms with Crippen LogP contribution in [0.1, 0.15) is 61.8 Å². The van der Waals surface area contributed by atoms with Crippen molar-refractivity contribution in [1.29, 1.82) is 0 Å². The number of aliphatic hydroxyl groups excluding tert-OH is 1. The van der Waals surface area contributed by atoms with Crippen LogP contribution in [0.2, 0.25) is 0 Å². The van der Waals surface area contributed by atoms with E-state index < -0.39 is 0 Å². The summed E-state index contributed by atoms with van der Waals surface area (Å²) in [6, 6.07) is 0.485. The van der Waals surface area contributed by atoms with Crippen LogP contribution in [0, 0.1) is 5.92 Å². The van der Waals surface area contributed by atoms with Gasteiger partial charge in [-0.3, -0.25) is 0 Å². The minimum Gasteiger partial charge on any atom is -0.676 e. The van der Waals surface area contributed by atoms with E-state index in [0.29, 0.717) is 71.4 Å². The van der Waals surface area contributed by atoms with Gasteiger partial charge in [0, 0.05) is 51.4 Å². The molecule has 0 aliphatic rings. The van der Waals surface area contributed by atoms with Crippen molar-refractivity contribution in [3.8, 4) is 0 Å². The number of hydrogen-bond donors (Lipinski definition) is 2. The van der Waals surface area contributed by atoms with Gasteiger partial charge in [-0.05, 0) is 12.8 Å². The third kappa shape index (κ3) is 36.8. The normalized spacial score (nSPS) is 13.5. The molecule has 0 aliphatic carbocycles. The number of allylic oxidation sites excluding steroid dienone is 1. The van der Waals surface area contributed by atoms with Crippen molar-refractivity contribution in [2.45, 2.75) is 77.5 Å². The largest absolute Gasteiger partial charge is 0.676 e. The summed E-state index contributed by atoms with van der Waals surface area (Å²) < 4.78 is 28.4. The Morgan fingerprint density at radius 1 is 0.789 bits per heavy atom. The van der Waals surface area contributed by atoms with Gasteiger partial charge in [0.15, 0.2) is 0 Å². The Kier molecular flexibility index (Phi) is 33.4. The van der Waals surface area contributed by atoms with E-state index in [-0.39, 0.29) is 43.9 Å². The standard InChI is InChI=1S/C21H45N2O5S2.C6H12O.W/c1-19(2)23-9-12-26-15-13-24-10-7-21(6,30-29-20(3,4)5)28-18-17-27-16-14-25-11-8-22;1-6(2)4-3-5-7;/h19,22-23H,7-18H2,1-6H3;3-4,6-7H,5H2,1-2H3;/q-1;;/b;4-3+;. The van der Waals surface area contributed by atoms with E-state index in [1.54, 1.807) is 16.9 Å². The van der Waals surface area contributed by atoms with E-state index in [0.717, 1.165) is 13.0 Å². The monoisotopic (exact) mass is 753 g/mol. The Bertz CT molecular complexity index is 514. The summed E-state index contributed by atoms with van der Waals surface area (Å²) in [7, 11) is 3.58. The molecule has 0 radical (unpaired) electrons. The zero-order chi connectivity index (χ0) is 28.4. The predicted octanol–water partition coefficient (Wildman–Crippen LogP) is 5.59. The predicted molar refractivity (Wildman–Crippen MR) is 161 cm³/mol. The molecular weight excluding hydrogens is 696 g/mol. The molecule has 0 amide bonds. The van der Waals surface area contributed by atoms with Gasteiger partial charge in [0.2, 0.25) is 0 Å². The topological polar surface area (TPSA) is 102 Å². The van der Waals surface area contributed by atoms with Gasteiger partial charge in [-0.15, -0.1) is 6.54 Å². The second kappa shape index (κ2) is 29.3. The summed E-state index contributed by atoms with van der Waals surface area (Å²) in [4.78, 5) is -0.342. The Labute approximate surface area is 256 Å². The molecule has 0 saturated carbocycles. The first-order chi connectivity index (χ1) is 17.5. The van der Waals surface area contributed by atoms with Crippen LogP contribution < -0.4 is 5.32 Å². The zero-order valence-corrected chi connectivity index (χ0v) is 29.8. The van der Waals surface area contributed by atoms with Gasteiger partial charge in [-0.2, -0.15) is 0 Å². The summed E-state index contributed by atoms with van der Waals surface area (Å²) in [5, 5.41) is 11.6. The molecule has 0 aromatic heterocycles. The SMILES string of the molecule is CC(C)/C=C/CO.CC(C)NCCOCCOCCC(C)(OCCOCCOCC[NH-])SSC(C)(C)C.[W]. The van der Waals surface area contributed by atoms with Crippen LogP contribution in [0.15, 0.2) is 12.2 Å². The van der Waals surface area contributed by atoms with Crippen LogP contribution in [-0.2, 0) is 44.7 Å². The van der Waals surface area contributed by atoms with Crippen LogP contribution in [-0.4, -0.2) is 100.0 Å². The minimum atomic E-state index is -0.342. The summed E-state index contributed by atoms with van der Waals surface area (Å²) in [5.41, 5.74) is 7.02. The molecule has 0 fully saturated rings. The third-order valence-electron chi connectivity index (χ3n) is 4.22. The van der Waals surface area contributed by atoms with E-state index in [1.165, 1.54) is 0 Å². The van der Waals surface area contributed by atoms with E-state index >= 15 is 0 Å². The summed E-state index contributed by atoms with van der Waals surface area (Å²) >= 11 is 0. The van der Waals surface area contributed by atoms with Crippen LogP contribution >= 0.6 is 21.6 Å². The summed E-state index contributed by atoms with van der Waals surface area (Å²) in [6.07, 6.45) is 4.52. The van der Waals surface area contributed by atoms with Gasteiger partial charge in [-0.1, -0.05) is 82.2 Å². The van der Waals surface area contributed by atoms with Gasteiger partial charge in [0.1, 0.15) is 4.93 Å². The average molecular weight is 754 g/mol. The first kappa shape index (κ1) is 43.3. The van der Waals surface area contributed by atoms with Crippen LogP contribution in [0.4, 0.5) is 0 Å². The molecule has 11 heteroatoms. The fraction of sp³-hybridized carbons (Fsp3) is 0.926. The molecule has 230 valence electrons. The molecule has 0 aromatic carbocycles. The molecule has 38 heavy (non-hydrogen) atoms. The minimum absolute atomic E-state index is 0. The number of aliphatic hydroxyl groups is 1. The molecule has 0 heterocycles. The fourth-order valence-corrected chi connectivity index (χ4v) is 4.79. The quantitative estimate of drug-likeness (QED) is 0.0599. The molecule has 0 aromatic rings. The molecule has 0 aliphatic heterocycles. The molecule has 3 N–H and O–H groups in total. The van der Waals surface area contributed by atoms with E-state index in [2.05, 4.69) is 60.7 Å². The maximum atomic E-state index is 8.23. The Hall–Kier alpha value is 0.808. The van der Waals surface area contributed by atoms with Crippen molar-refractivity contribution in [3.63, 3.8) is 0 Å². The van der Waals surface area contributed by atoms with Crippen molar-refractivity contribution >= 4 is 21.6 Å². The van der Waals surface area contributed by atoms with Gasteiger partial charge < -0.3 is 39.8 Å². The molecule has 1 unspecified atom stereocenters. The van der Waals surface area contributed by atoms with Gasteiger partial charge in [-0.25, -0.2) is 0 Å². The second-order valence-electron chi connectivity index (χ2n) is 10.2. The Morgan fingerprint density at radius 2 is 1.32 bits per heavy atom. The van der Waals surface area contributed by atoms with Crippen molar-refractivity contribution in [1.82, 2.24) is 5.32 Å². The molecule has 0 saturated heterocycles. The van der Waals surface area contributed by atoms with Crippen LogP contribution in [0.5, 0.6) is 0 Å². The van der Waals surface area contributed by atoms with Crippen molar-refractivity contribution in [3.05, 3.63) is 17.9 Å². The number of ether oxygens (including phenoxy) is 5. The van der Waals surface area contributed by atoms with Crippen LogP contribution in [0.3, 0.4) is 0 Å².